The van der Waals surface area contributed by atoms with Crippen LogP contribution in [0.15, 0.2) is 30.5 Å². The van der Waals surface area contributed by atoms with Crippen LogP contribution in [-0.2, 0) is 4.74 Å². The first kappa shape index (κ1) is 17.5. The van der Waals surface area contributed by atoms with Gasteiger partial charge in [-0.2, -0.15) is 5.10 Å². The molecular weight excluding hydrogens is 314 g/mol. The van der Waals surface area contributed by atoms with Crippen LogP contribution in [0.2, 0.25) is 5.02 Å². The van der Waals surface area contributed by atoms with Gasteiger partial charge in [-0.05, 0) is 36.6 Å². The largest absolute Gasteiger partial charge is 0.385 e. The minimum Gasteiger partial charge on any atom is -0.385 e. The summed E-state index contributed by atoms with van der Waals surface area (Å²) in [5.41, 5.74) is 2.38. The average molecular weight is 336 g/mol. The number of methoxy groups -OCH3 is 1. The number of benzene rings is 1. The molecule has 2 rings (SSSR count). The van der Waals surface area contributed by atoms with Gasteiger partial charge in [0.25, 0.3) is 5.91 Å². The molecule has 0 atom stereocenters. The highest BCUT2D eigenvalue weighted by atomic mass is 35.5. The van der Waals surface area contributed by atoms with Gasteiger partial charge in [0.05, 0.1) is 23.1 Å². The fraction of sp³-hybridized carbons (Fsp3) is 0.412. The lowest BCUT2D eigenvalue weighted by molar-refractivity contribution is 0.0947. The van der Waals surface area contributed by atoms with Crippen molar-refractivity contribution in [3.05, 3.63) is 46.7 Å². The van der Waals surface area contributed by atoms with E-state index < -0.39 is 0 Å². The van der Waals surface area contributed by atoms with Gasteiger partial charge in [0.2, 0.25) is 0 Å². The SMILES string of the molecule is COCCCNC(=O)c1cnn(-c2ccc(Cl)cc2)c1C(C)C. The number of halogens is 1. The van der Waals surface area contributed by atoms with E-state index in [1.54, 1.807) is 18.0 Å². The Morgan fingerprint density at radius 3 is 2.65 bits per heavy atom. The molecule has 1 amide bonds. The van der Waals surface area contributed by atoms with Crippen LogP contribution in [0.1, 0.15) is 42.2 Å². The third-order valence-corrected chi connectivity index (χ3v) is 3.73. The molecule has 2 aromatic rings. The summed E-state index contributed by atoms with van der Waals surface area (Å²) in [5.74, 6) is 0.0536. The minimum atomic E-state index is -0.106. The second kappa shape index (κ2) is 8.13. The minimum absolute atomic E-state index is 0.106. The first-order valence-corrected chi connectivity index (χ1v) is 8.03. The number of nitrogens with zero attached hydrogens (tertiary/aromatic N) is 2. The Balaban J connectivity index is 2.24. The molecule has 0 fully saturated rings. The number of rotatable bonds is 7. The van der Waals surface area contributed by atoms with Gasteiger partial charge in [-0.1, -0.05) is 25.4 Å². The number of aromatic nitrogens is 2. The van der Waals surface area contributed by atoms with E-state index in [1.165, 1.54) is 0 Å². The maximum absolute atomic E-state index is 12.4. The molecule has 1 N–H and O–H groups in total. The number of carbonyl (C=O) groups excluding carboxylic acids is 1. The summed E-state index contributed by atoms with van der Waals surface area (Å²) in [5, 5.41) is 7.97. The van der Waals surface area contributed by atoms with Gasteiger partial charge in [0, 0.05) is 25.3 Å². The Hall–Kier alpha value is -1.85. The van der Waals surface area contributed by atoms with Gasteiger partial charge in [0.15, 0.2) is 0 Å². The maximum atomic E-state index is 12.4. The van der Waals surface area contributed by atoms with Crippen LogP contribution in [0.3, 0.4) is 0 Å². The number of nitrogens with one attached hydrogen (secondary N) is 1. The Morgan fingerprint density at radius 2 is 2.04 bits per heavy atom. The summed E-state index contributed by atoms with van der Waals surface area (Å²) < 4.78 is 6.78. The zero-order valence-corrected chi connectivity index (χ0v) is 14.4. The first-order valence-electron chi connectivity index (χ1n) is 7.65. The van der Waals surface area contributed by atoms with Gasteiger partial charge in [0.1, 0.15) is 0 Å². The molecule has 0 spiro atoms. The van der Waals surface area contributed by atoms with Crippen LogP contribution in [-0.4, -0.2) is 35.9 Å². The summed E-state index contributed by atoms with van der Waals surface area (Å²) in [7, 11) is 1.65. The monoisotopic (exact) mass is 335 g/mol. The summed E-state index contributed by atoms with van der Waals surface area (Å²) in [6, 6.07) is 7.41. The summed E-state index contributed by atoms with van der Waals surface area (Å²) >= 11 is 5.94. The molecule has 1 heterocycles. The highest BCUT2D eigenvalue weighted by molar-refractivity contribution is 6.30. The van der Waals surface area contributed by atoms with Gasteiger partial charge in [-0.3, -0.25) is 4.79 Å². The van der Waals surface area contributed by atoms with E-state index in [0.717, 1.165) is 17.8 Å². The smallest absolute Gasteiger partial charge is 0.254 e. The van der Waals surface area contributed by atoms with Gasteiger partial charge in [-0.25, -0.2) is 4.68 Å². The van der Waals surface area contributed by atoms with Crippen molar-refractivity contribution in [2.75, 3.05) is 20.3 Å². The molecule has 0 aliphatic heterocycles. The van der Waals surface area contributed by atoms with Crippen LogP contribution in [0.5, 0.6) is 0 Å². The predicted octanol–water partition coefficient (Wildman–Crippen LogP) is 3.42. The molecule has 124 valence electrons. The fourth-order valence-corrected chi connectivity index (χ4v) is 2.52. The lowest BCUT2D eigenvalue weighted by atomic mass is 10.0. The Kier molecular flexibility index (Phi) is 6.19. The topological polar surface area (TPSA) is 56.1 Å². The maximum Gasteiger partial charge on any atom is 0.254 e. The first-order chi connectivity index (χ1) is 11.0. The van der Waals surface area contributed by atoms with Gasteiger partial charge in [-0.15, -0.1) is 0 Å². The van der Waals surface area contributed by atoms with Gasteiger partial charge >= 0.3 is 0 Å². The van der Waals surface area contributed by atoms with Crippen molar-refractivity contribution in [3.63, 3.8) is 0 Å². The van der Waals surface area contributed by atoms with E-state index in [4.69, 9.17) is 16.3 Å². The molecule has 0 saturated carbocycles. The highest BCUT2D eigenvalue weighted by Crippen LogP contribution is 2.23. The molecule has 0 radical (unpaired) electrons. The van der Waals surface area contributed by atoms with Crippen LogP contribution >= 0.6 is 11.6 Å². The molecule has 5 nitrogen and oxygen atoms in total. The van der Waals surface area contributed by atoms with Crippen molar-refractivity contribution in [1.82, 2.24) is 15.1 Å². The van der Waals surface area contributed by atoms with Crippen molar-refractivity contribution >= 4 is 17.5 Å². The van der Waals surface area contributed by atoms with E-state index in [-0.39, 0.29) is 11.8 Å². The Morgan fingerprint density at radius 1 is 1.35 bits per heavy atom. The average Bonchev–Trinajstić information content (AvgIpc) is 2.97. The van der Waals surface area contributed by atoms with E-state index >= 15 is 0 Å². The molecular formula is C17H22ClN3O2. The van der Waals surface area contributed by atoms with Crippen molar-refractivity contribution in [2.45, 2.75) is 26.2 Å². The zero-order valence-electron chi connectivity index (χ0n) is 13.7. The summed E-state index contributed by atoms with van der Waals surface area (Å²) in [6.07, 6.45) is 2.40. The van der Waals surface area contributed by atoms with Crippen molar-refractivity contribution in [1.29, 1.82) is 0 Å². The second-order valence-corrected chi connectivity index (χ2v) is 6.03. The molecule has 1 aromatic heterocycles. The van der Waals surface area contributed by atoms with E-state index in [0.29, 0.717) is 23.7 Å². The summed E-state index contributed by atoms with van der Waals surface area (Å²) in [4.78, 5) is 12.4. The number of carbonyl (C=O) groups is 1. The summed E-state index contributed by atoms with van der Waals surface area (Å²) in [6.45, 7) is 5.30. The van der Waals surface area contributed by atoms with E-state index in [1.807, 2.05) is 38.1 Å². The number of hydrogen-bond acceptors (Lipinski definition) is 3. The van der Waals surface area contributed by atoms with E-state index in [2.05, 4.69) is 10.4 Å². The van der Waals surface area contributed by atoms with Crippen molar-refractivity contribution in [2.24, 2.45) is 0 Å². The predicted molar refractivity (Wildman–Crippen MR) is 91.5 cm³/mol. The molecule has 0 bridgehead atoms. The molecule has 0 saturated heterocycles. The highest BCUT2D eigenvalue weighted by Gasteiger charge is 2.20. The third-order valence-electron chi connectivity index (χ3n) is 3.48. The molecule has 6 heteroatoms. The van der Waals surface area contributed by atoms with Crippen LogP contribution in [0.4, 0.5) is 0 Å². The van der Waals surface area contributed by atoms with Crippen LogP contribution in [0.25, 0.3) is 5.69 Å². The molecule has 1 aromatic carbocycles. The lowest BCUT2D eigenvalue weighted by Crippen LogP contribution is -2.26. The van der Waals surface area contributed by atoms with Crippen LogP contribution in [0, 0.1) is 0 Å². The van der Waals surface area contributed by atoms with E-state index in [9.17, 15) is 4.79 Å². The molecule has 0 unspecified atom stereocenters. The molecule has 0 aliphatic carbocycles. The molecule has 23 heavy (non-hydrogen) atoms. The third kappa shape index (κ3) is 4.33. The number of hydrogen-bond donors (Lipinski definition) is 1. The normalized spacial score (nSPS) is 11.0. The zero-order chi connectivity index (χ0) is 16.8. The fourth-order valence-electron chi connectivity index (χ4n) is 2.39. The van der Waals surface area contributed by atoms with Crippen molar-refractivity contribution < 1.29 is 9.53 Å². The standard InChI is InChI=1S/C17H22ClN3O2/c1-12(2)16-15(17(22)19-9-4-10-23-3)11-20-21(16)14-7-5-13(18)6-8-14/h5-8,11-12H,4,9-10H2,1-3H3,(H,19,22). The number of amides is 1. The quantitative estimate of drug-likeness (QED) is 0.789. The number of ether oxygens (including phenoxy) is 1. The molecule has 0 aliphatic rings. The van der Waals surface area contributed by atoms with Gasteiger partial charge < -0.3 is 10.1 Å². The van der Waals surface area contributed by atoms with Crippen LogP contribution < -0.4 is 5.32 Å². The van der Waals surface area contributed by atoms with Crippen molar-refractivity contribution in [3.8, 4) is 5.69 Å². The lowest BCUT2D eigenvalue weighted by Gasteiger charge is -2.13. The Labute approximate surface area is 141 Å². The second-order valence-electron chi connectivity index (χ2n) is 5.59. The Bertz CT molecular complexity index is 650.